The van der Waals surface area contributed by atoms with E-state index in [2.05, 4.69) is 5.90 Å². The maximum absolute atomic E-state index is 10.6. The number of hydrogen-bond donors (Lipinski definition) is 3. The summed E-state index contributed by atoms with van der Waals surface area (Å²) in [5, 5.41) is 20.9. The number of carboxylic acids is 1. The molecular weight excluding hydrogens is 274 g/mol. The van der Waals surface area contributed by atoms with Crippen LogP contribution in [0.3, 0.4) is 0 Å². The van der Waals surface area contributed by atoms with Crippen molar-refractivity contribution in [2.75, 3.05) is 0 Å². The number of hydrogen-bond acceptors (Lipinski definition) is 7. The van der Waals surface area contributed by atoms with E-state index in [1.165, 1.54) is 27.8 Å². The van der Waals surface area contributed by atoms with Gasteiger partial charge in [0.15, 0.2) is 0 Å². The Kier molecular flexibility index (Phi) is 5.72. The average molecular weight is 281 g/mol. The molecule has 0 bridgehead atoms. The standard InChI is InChI=1S/C7H4O2S4.H3NO/c8-5(9)4-3-12-7(13-4)6-10-1-2-11-6;1-2/h1-3H,(H,8,9);2H,1H2. The highest BCUT2D eigenvalue weighted by atomic mass is 32.2. The molecule has 82 valence electrons. The normalized spacial score (nSPS) is 18.7. The predicted molar refractivity (Wildman–Crippen MR) is 68.2 cm³/mol. The molecule has 0 saturated heterocycles. The van der Waals surface area contributed by atoms with E-state index < -0.39 is 5.97 Å². The van der Waals surface area contributed by atoms with Gasteiger partial charge in [-0.25, -0.2) is 10.7 Å². The van der Waals surface area contributed by atoms with Gasteiger partial charge in [0.25, 0.3) is 0 Å². The summed E-state index contributed by atoms with van der Waals surface area (Å²) in [6.45, 7) is 0. The topological polar surface area (TPSA) is 83.5 Å². The first-order valence-corrected chi connectivity index (χ1v) is 6.99. The zero-order chi connectivity index (χ0) is 11.3. The fourth-order valence-electron chi connectivity index (χ4n) is 0.742. The highest BCUT2D eigenvalue weighted by Crippen LogP contribution is 2.52. The van der Waals surface area contributed by atoms with Crippen LogP contribution in [-0.2, 0) is 4.79 Å². The highest BCUT2D eigenvalue weighted by Gasteiger charge is 2.22. The molecule has 2 heterocycles. The maximum Gasteiger partial charge on any atom is 0.343 e. The van der Waals surface area contributed by atoms with Gasteiger partial charge in [-0.15, -0.1) is 0 Å². The SMILES string of the molecule is NO.O=C(O)C1=CSC(=C2SC=CS2)S1. The monoisotopic (exact) mass is 281 g/mol. The van der Waals surface area contributed by atoms with E-state index in [1.807, 2.05) is 10.8 Å². The smallest absolute Gasteiger partial charge is 0.343 e. The summed E-state index contributed by atoms with van der Waals surface area (Å²) in [6.07, 6.45) is 0. The molecule has 0 saturated carbocycles. The summed E-state index contributed by atoms with van der Waals surface area (Å²) in [7, 11) is 0. The van der Waals surface area contributed by atoms with Crippen LogP contribution in [0.5, 0.6) is 0 Å². The number of carboxylic acid groups (broad SMARTS) is 1. The number of rotatable bonds is 1. The molecule has 0 aliphatic carbocycles. The fraction of sp³-hybridized carbons (Fsp3) is 0. The quantitative estimate of drug-likeness (QED) is 0.633. The van der Waals surface area contributed by atoms with E-state index in [0.717, 1.165) is 4.24 Å². The lowest BCUT2D eigenvalue weighted by molar-refractivity contribution is -0.131. The molecule has 4 nitrogen and oxygen atoms in total. The van der Waals surface area contributed by atoms with Crippen LogP contribution in [0.15, 0.2) is 29.6 Å². The Labute approximate surface area is 103 Å². The summed E-state index contributed by atoms with van der Waals surface area (Å²) in [4.78, 5) is 11.0. The second kappa shape index (κ2) is 6.56. The minimum atomic E-state index is -0.839. The summed E-state index contributed by atoms with van der Waals surface area (Å²) in [5.74, 6) is 2.66. The number of thioether (sulfide) groups is 4. The Bertz CT molecular complexity index is 340. The first-order valence-electron chi connectivity index (χ1n) is 3.54. The molecule has 4 N–H and O–H groups in total. The molecule has 0 radical (unpaired) electrons. The van der Waals surface area contributed by atoms with E-state index >= 15 is 0 Å². The third-order valence-electron chi connectivity index (χ3n) is 1.26. The Morgan fingerprint density at radius 2 is 1.73 bits per heavy atom. The van der Waals surface area contributed by atoms with Gasteiger partial charge >= 0.3 is 5.97 Å². The minimum absolute atomic E-state index is 0.417. The Morgan fingerprint density at radius 3 is 2.20 bits per heavy atom. The average Bonchev–Trinajstić information content (AvgIpc) is 2.91. The third kappa shape index (κ3) is 3.51. The number of aliphatic carboxylic acids is 1. The molecule has 0 amide bonds. The van der Waals surface area contributed by atoms with Crippen LogP contribution >= 0.6 is 47.0 Å². The van der Waals surface area contributed by atoms with Gasteiger partial charge in [0.05, 0.1) is 8.47 Å². The lowest BCUT2D eigenvalue weighted by Crippen LogP contribution is -1.92. The second-order valence-electron chi connectivity index (χ2n) is 2.09. The first kappa shape index (κ1) is 13.1. The van der Waals surface area contributed by atoms with Crippen LogP contribution in [0.25, 0.3) is 0 Å². The van der Waals surface area contributed by atoms with E-state index in [4.69, 9.17) is 10.3 Å². The molecule has 0 aromatic heterocycles. The van der Waals surface area contributed by atoms with Gasteiger partial charge in [-0.05, 0) is 16.2 Å². The summed E-state index contributed by atoms with van der Waals surface area (Å²) >= 11 is 6.13. The van der Waals surface area contributed by atoms with Gasteiger partial charge in [-0.1, -0.05) is 47.0 Å². The molecule has 0 atom stereocenters. The van der Waals surface area contributed by atoms with Gasteiger partial charge in [-0.3, -0.25) is 0 Å². The van der Waals surface area contributed by atoms with Crippen LogP contribution in [0.2, 0.25) is 0 Å². The van der Waals surface area contributed by atoms with Crippen LogP contribution in [0, 0.1) is 0 Å². The zero-order valence-corrected chi connectivity index (χ0v) is 10.5. The Morgan fingerprint density at radius 1 is 1.13 bits per heavy atom. The summed E-state index contributed by atoms with van der Waals surface area (Å²) in [5.41, 5.74) is 0. The van der Waals surface area contributed by atoms with E-state index in [-0.39, 0.29) is 0 Å². The molecule has 15 heavy (non-hydrogen) atoms. The largest absolute Gasteiger partial charge is 0.477 e. The molecule has 2 aliphatic rings. The lowest BCUT2D eigenvalue weighted by atomic mass is 10.7. The second-order valence-corrected chi connectivity index (χ2v) is 6.37. The van der Waals surface area contributed by atoms with Crippen LogP contribution < -0.4 is 5.90 Å². The van der Waals surface area contributed by atoms with Gasteiger partial charge in [0, 0.05) is 0 Å². The molecule has 0 spiro atoms. The van der Waals surface area contributed by atoms with Gasteiger partial charge in [-0.2, -0.15) is 0 Å². The van der Waals surface area contributed by atoms with Crippen molar-refractivity contribution in [2.45, 2.75) is 0 Å². The van der Waals surface area contributed by atoms with Crippen molar-refractivity contribution in [1.82, 2.24) is 0 Å². The molecule has 8 heteroatoms. The van der Waals surface area contributed by atoms with Gasteiger partial charge in [0.1, 0.15) is 4.91 Å². The number of nitrogens with two attached hydrogens (primary N) is 1. The predicted octanol–water partition coefficient (Wildman–Crippen LogP) is 2.80. The minimum Gasteiger partial charge on any atom is -0.477 e. The molecule has 0 unspecified atom stereocenters. The Hall–Kier alpha value is 0.01000. The van der Waals surface area contributed by atoms with Crippen molar-refractivity contribution in [2.24, 2.45) is 5.90 Å². The van der Waals surface area contributed by atoms with E-state index in [0.29, 0.717) is 4.91 Å². The van der Waals surface area contributed by atoms with Crippen molar-refractivity contribution < 1.29 is 15.1 Å². The maximum atomic E-state index is 10.6. The highest BCUT2D eigenvalue weighted by molar-refractivity contribution is 8.33. The van der Waals surface area contributed by atoms with Crippen molar-refractivity contribution in [1.29, 1.82) is 0 Å². The third-order valence-corrected chi connectivity index (χ3v) is 6.27. The summed E-state index contributed by atoms with van der Waals surface area (Å²) in [6, 6.07) is 0. The van der Waals surface area contributed by atoms with E-state index in [9.17, 15) is 4.79 Å². The molecule has 0 aromatic carbocycles. The first-order chi connectivity index (χ1) is 7.27. The fourth-order valence-corrected chi connectivity index (χ4v) is 5.02. The molecule has 2 rings (SSSR count). The van der Waals surface area contributed by atoms with Crippen molar-refractivity contribution in [3.63, 3.8) is 0 Å². The van der Waals surface area contributed by atoms with Crippen LogP contribution in [0.4, 0.5) is 0 Å². The van der Waals surface area contributed by atoms with Crippen molar-refractivity contribution in [3.8, 4) is 0 Å². The van der Waals surface area contributed by atoms with Crippen molar-refractivity contribution >= 4 is 53.0 Å². The Balaban J connectivity index is 0.000000531. The number of carbonyl (C=O) groups is 1. The molecule has 0 fully saturated rings. The summed E-state index contributed by atoms with van der Waals surface area (Å²) < 4.78 is 2.26. The van der Waals surface area contributed by atoms with Crippen molar-refractivity contribution in [3.05, 3.63) is 29.6 Å². The molecular formula is C7H7NO3S4. The van der Waals surface area contributed by atoms with E-state index in [1.54, 1.807) is 28.9 Å². The van der Waals surface area contributed by atoms with Crippen LogP contribution in [0.1, 0.15) is 0 Å². The lowest BCUT2D eigenvalue weighted by Gasteiger charge is -1.98. The van der Waals surface area contributed by atoms with Crippen LogP contribution in [-0.4, -0.2) is 16.3 Å². The zero-order valence-electron chi connectivity index (χ0n) is 7.25. The van der Waals surface area contributed by atoms with Gasteiger partial charge in [0.2, 0.25) is 0 Å². The molecule has 0 aromatic rings. The van der Waals surface area contributed by atoms with Gasteiger partial charge < -0.3 is 10.3 Å². The molecule has 2 aliphatic heterocycles.